The molecule has 0 unspecified atom stereocenters. The van der Waals surface area contributed by atoms with Crippen LogP contribution >= 0.6 is 0 Å². The van der Waals surface area contributed by atoms with E-state index in [0.717, 1.165) is 29.1 Å². The van der Waals surface area contributed by atoms with Crippen LogP contribution in [-0.4, -0.2) is 46.8 Å². The molecule has 198 valence electrons. The summed E-state index contributed by atoms with van der Waals surface area (Å²) in [4.78, 5) is 27.9. The fourth-order valence-electron chi connectivity index (χ4n) is 3.70. The average molecular weight is 506 g/mol. The Morgan fingerprint density at radius 1 is 1.05 bits per heavy atom. The molecule has 8 heteroatoms. The minimum absolute atomic E-state index is 0.0803. The molecular formula is C29H39N5O3. The summed E-state index contributed by atoms with van der Waals surface area (Å²) in [5.41, 5.74) is 3.17. The summed E-state index contributed by atoms with van der Waals surface area (Å²) < 4.78 is 6.98. The van der Waals surface area contributed by atoms with Crippen LogP contribution in [-0.2, 0) is 10.2 Å². The summed E-state index contributed by atoms with van der Waals surface area (Å²) in [6, 6.07) is 16.7. The van der Waals surface area contributed by atoms with E-state index in [4.69, 9.17) is 9.84 Å². The summed E-state index contributed by atoms with van der Waals surface area (Å²) in [6.45, 7) is 12.8. The zero-order valence-electron chi connectivity index (χ0n) is 23.0. The lowest BCUT2D eigenvalue weighted by atomic mass is 9.92. The minimum atomic E-state index is -0.305. The molecule has 8 nitrogen and oxygen atoms in total. The fraction of sp³-hybridized carbons (Fsp3) is 0.414. The number of rotatable bonds is 9. The van der Waals surface area contributed by atoms with Crippen LogP contribution in [0.5, 0.6) is 5.75 Å². The molecule has 2 aromatic carbocycles. The Labute approximate surface area is 220 Å². The molecule has 3 amide bonds. The van der Waals surface area contributed by atoms with Crippen molar-refractivity contribution in [3.63, 3.8) is 0 Å². The summed E-state index contributed by atoms with van der Waals surface area (Å²) in [6.07, 6.45) is 0.784. The maximum atomic E-state index is 13.2. The normalized spacial score (nSPS) is 11.4. The molecule has 1 aromatic heterocycles. The fourth-order valence-corrected chi connectivity index (χ4v) is 3.70. The van der Waals surface area contributed by atoms with Crippen LogP contribution in [0.25, 0.3) is 5.69 Å². The Hall–Kier alpha value is -3.81. The van der Waals surface area contributed by atoms with Crippen molar-refractivity contribution in [3.05, 3.63) is 65.9 Å². The third kappa shape index (κ3) is 7.84. The highest BCUT2D eigenvalue weighted by Gasteiger charge is 2.23. The van der Waals surface area contributed by atoms with Crippen molar-refractivity contribution in [1.82, 2.24) is 14.7 Å². The van der Waals surface area contributed by atoms with Gasteiger partial charge in [0.25, 0.3) is 0 Å². The lowest BCUT2D eigenvalue weighted by molar-refractivity contribution is -0.116. The van der Waals surface area contributed by atoms with Crippen LogP contribution in [0.15, 0.2) is 54.6 Å². The van der Waals surface area contributed by atoms with Crippen molar-refractivity contribution in [2.24, 2.45) is 5.92 Å². The first-order valence-corrected chi connectivity index (χ1v) is 12.6. The van der Waals surface area contributed by atoms with Crippen LogP contribution in [0, 0.1) is 12.8 Å². The van der Waals surface area contributed by atoms with Crippen molar-refractivity contribution in [2.75, 3.05) is 30.8 Å². The summed E-state index contributed by atoms with van der Waals surface area (Å²) in [5, 5.41) is 10.7. The highest BCUT2D eigenvalue weighted by Crippen LogP contribution is 2.27. The van der Waals surface area contributed by atoms with E-state index in [1.807, 2.05) is 61.5 Å². The lowest BCUT2D eigenvalue weighted by Gasteiger charge is -2.23. The summed E-state index contributed by atoms with van der Waals surface area (Å²) >= 11 is 0. The Morgan fingerprint density at radius 3 is 2.35 bits per heavy atom. The lowest BCUT2D eigenvalue weighted by Crippen LogP contribution is -2.41. The number of amides is 3. The number of aryl methyl sites for hydroxylation is 1. The van der Waals surface area contributed by atoms with E-state index in [1.165, 1.54) is 0 Å². The molecule has 0 aliphatic rings. The predicted molar refractivity (Wildman–Crippen MR) is 149 cm³/mol. The van der Waals surface area contributed by atoms with Gasteiger partial charge in [0, 0.05) is 23.7 Å². The van der Waals surface area contributed by atoms with Crippen molar-refractivity contribution in [2.45, 2.75) is 53.4 Å². The van der Waals surface area contributed by atoms with E-state index in [1.54, 1.807) is 16.7 Å². The predicted octanol–water partition coefficient (Wildman–Crippen LogP) is 6.01. The molecule has 0 aliphatic carbocycles. The molecule has 0 aliphatic heterocycles. The van der Waals surface area contributed by atoms with Crippen LogP contribution in [0.2, 0.25) is 0 Å². The molecule has 0 spiro atoms. The molecule has 0 radical (unpaired) electrons. The quantitative estimate of drug-likeness (QED) is 0.373. The van der Waals surface area contributed by atoms with Gasteiger partial charge in [0.15, 0.2) is 0 Å². The third-order valence-corrected chi connectivity index (χ3v) is 5.93. The molecule has 1 heterocycles. The van der Waals surface area contributed by atoms with Crippen LogP contribution in [0.1, 0.15) is 52.3 Å². The monoisotopic (exact) mass is 505 g/mol. The summed E-state index contributed by atoms with van der Waals surface area (Å²) in [7, 11) is 1.62. The minimum Gasteiger partial charge on any atom is -0.497 e. The number of aromatic nitrogens is 2. The zero-order chi connectivity index (χ0) is 27.2. The van der Waals surface area contributed by atoms with Gasteiger partial charge in [-0.1, -0.05) is 46.8 Å². The van der Waals surface area contributed by atoms with E-state index < -0.39 is 0 Å². The van der Waals surface area contributed by atoms with E-state index in [-0.39, 0.29) is 23.9 Å². The van der Waals surface area contributed by atoms with Gasteiger partial charge in [0.05, 0.1) is 18.5 Å². The number of ether oxygens (including phenoxy) is 1. The van der Waals surface area contributed by atoms with E-state index in [9.17, 15) is 9.59 Å². The maximum Gasteiger partial charge on any atom is 0.322 e. The third-order valence-electron chi connectivity index (χ3n) is 5.93. The van der Waals surface area contributed by atoms with Crippen molar-refractivity contribution in [3.8, 4) is 11.4 Å². The van der Waals surface area contributed by atoms with Crippen molar-refractivity contribution in [1.29, 1.82) is 0 Å². The molecule has 0 bridgehead atoms. The average Bonchev–Trinajstić information content (AvgIpc) is 3.26. The Kier molecular flexibility index (Phi) is 8.97. The summed E-state index contributed by atoms with van der Waals surface area (Å²) in [5.74, 6) is 1.38. The molecule has 0 saturated carbocycles. The largest absolute Gasteiger partial charge is 0.497 e. The number of nitrogens with one attached hydrogen (secondary N) is 2. The van der Waals surface area contributed by atoms with Gasteiger partial charge in [-0.05, 0) is 61.2 Å². The van der Waals surface area contributed by atoms with Gasteiger partial charge in [0.2, 0.25) is 5.91 Å². The molecule has 37 heavy (non-hydrogen) atoms. The number of benzene rings is 2. The first-order valence-electron chi connectivity index (χ1n) is 12.6. The highest BCUT2D eigenvalue weighted by molar-refractivity contribution is 5.96. The molecule has 2 N–H and O–H groups in total. The Morgan fingerprint density at radius 2 is 1.76 bits per heavy atom. The number of hydrogen-bond donors (Lipinski definition) is 2. The van der Waals surface area contributed by atoms with Gasteiger partial charge < -0.3 is 20.3 Å². The van der Waals surface area contributed by atoms with E-state index in [2.05, 4.69) is 45.3 Å². The van der Waals surface area contributed by atoms with E-state index in [0.29, 0.717) is 24.0 Å². The van der Waals surface area contributed by atoms with E-state index >= 15 is 0 Å². The molecule has 0 saturated heterocycles. The number of carbonyl (C=O) groups is 2. The van der Waals surface area contributed by atoms with Gasteiger partial charge >= 0.3 is 6.03 Å². The standard InChI is InChI=1S/C29H39N5O3/c1-20(2)15-16-33(28(36)30-22-10-8-9-21(3)17-22)19-27(35)31-26-18-25(29(4,5)6)32-34(26)23-11-13-24(37-7)14-12-23/h8-14,17-18,20H,15-16,19H2,1-7H3,(H,30,36)(H,31,35). The van der Waals surface area contributed by atoms with Crippen LogP contribution in [0.3, 0.4) is 0 Å². The van der Waals surface area contributed by atoms with Gasteiger partial charge in [0.1, 0.15) is 18.1 Å². The second kappa shape index (κ2) is 12.0. The van der Waals surface area contributed by atoms with Crippen molar-refractivity contribution >= 4 is 23.4 Å². The van der Waals surface area contributed by atoms with Crippen LogP contribution < -0.4 is 15.4 Å². The van der Waals surface area contributed by atoms with Gasteiger partial charge in [-0.25, -0.2) is 9.48 Å². The van der Waals surface area contributed by atoms with Gasteiger partial charge in [-0.15, -0.1) is 0 Å². The molecule has 0 atom stereocenters. The first-order chi connectivity index (χ1) is 17.5. The molecular weight excluding hydrogens is 466 g/mol. The highest BCUT2D eigenvalue weighted by atomic mass is 16.5. The number of anilines is 2. The van der Waals surface area contributed by atoms with Gasteiger partial charge in [-0.3, -0.25) is 4.79 Å². The molecule has 3 aromatic rings. The number of carbonyl (C=O) groups excluding carboxylic acids is 2. The molecule has 3 rings (SSSR count). The molecule has 0 fully saturated rings. The first kappa shape index (κ1) is 27.8. The SMILES string of the molecule is COc1ccc(-n2nc(C(C)(C)C)cc2NC(=O)CN(CCC(C)C)C(=O)Nc2cccc(C)c2)cc1. The number of hydrogen-bond acceptors (Lipinski definition) is 4. The Balaban J connectivity index is 1.82. The second-order valence-corrected chi connectivity index (χ2v) is 10.7. The topological polar surface area (TPSA) is 88.5 Å². The Bertz CT molecular complexity index is 1210. The smallest absolute Gasteiger partial charge is 0.322 e. The van der Waals surface area contributed by atoms with Crippen molar-refractivity contribution < 1.29 is 14.3 Å². The zero-order valence-corrected chi connectivity index (χ0v) is 23.0. The van der Waals surface area contributed by atoms with Gasteiger partial charge in [-0.2, -0.15) is 5.10 Å². The number of methoxy groups -OCH3 is 1. The van der Waals surface area contributed by atoms with Crippen LogP contribution in [0.4, 0.5) is 16.3 Å². The maximum absolute atomic E-state index is 13.2. The number of nitrogens with zero attached hydrogens (tertiary/aromatic N) is 3. The number of urea groups is 1. The second-order valence-electron chi connectivity index (χ2n) is 10.7.